The van der Waals surface area contributed by atoms with E-state index in [-0.39, 0.29) is 23.0 Å². The fourth-order valence-corrected chi connectivity index (χ4v) is 3.59. The largest absolute Gasteiger partial charge is 0.339 e. The maximum Gasteiger partial charge on any atom is 0.254 e. The van der Waals surface area contributed by atoms with Crippen molar-refractivity contribution in [3.8, 4) is 0 Å². The van der Waals surface area contributed by atoms with E-state index in [4.69, 9.17) is 0 Å². The number of piperidine rings is 1. The molecule has 0 unspecified atom stereocenters. The smallest absolute Gasteiger partial charge is 0.254 e. The van der Waals surface area contributed by atoms with Gasteiger partial charge in [-0.1, -0.05) is 36.4 Å². The van der Waals surface area contributed by atoms with Crippen LogP contribution in [0.25, 0.3) is 0 Å². The third-order valence-corrected chi connectivity index (χ3v) is 4.83. The molecular formula is C20H17NO3. The van der Waals surface area contributed by atoms with E-state index in [2.05, 4.69) is 0 Å². The van der Waals surface area contributed by atoms with E-state index in [1.54, 1.807) is 47.4 Å². The molecule has 4 nitrogen and oxygen atoms in total. The van der Waals surface area contributed by atoms with Gasteiger partial charge in [-0.15, -0.1) is 0 Å². The second kappa shape index (κ2) is 5.71. The number of fused-ring (bicyclic) bond motifs is 2. The van der Waals surface area contributed by atoms with Gasteiger partial charge >= 0.3 is 0 Å². The number of amides is 1. The molecule has 1 aliphatic heterocycles. The Morgan fingerprint density at radius 3 is 2.08 bits per heavy atom. The molecule has 1 fully saturated rings. The van der Waals surface area contributed by atoms with Crippen LogP contribution in [-0.4, -0.2) is 35.5 Å². The van der Waals surface area contributed by atoms with Crippen LogP contribution in [0.15, 0.2) is 42.5 Å². The summed E-state index contributed by atoms with van der Waals surface area (Å²) in [4.78, 5) is 40.4. The molecule has 1 saturated heterocycles. The Kier molecular flexibility index (Phi) is 3.53. The maximum atomic E-state index is 12.9. The van der Waals surface area contributed by atoms with E-state index in [1.165, 1.54) is 0 Å². The SMILES string of the molecule is O=C1c2ccccc2C(=O)c2c1cccc2C(=O)N1CCCCC1. The van der Waals surface area contributed by atoms with E-state index in [1.807, 2.05) is 0 Å². The fourth-order valence-electron chi connectivity index (χ4n) is 3.59. The molecule has 1 aliphatic carbocycles. The van der Waals surface area contributed by atoms with Gasteiger partial charge in [-0.2, -0.15) is 0 Å². The lowest BCUT2D eigenvalue weighted by molar-refractivity contribution is 0.0720. The second-order valence-electron chi connectivity index (χ2n) is 6.28. The molecule has 24 heavy (non-hydrogen) atoms. The molecular weight excluding hydrogens is 302 g/mol. The third kappa shape index (κ3) is 2.18. The van der Waals surface area contributed by atoms with Gasteiger partial charge in [-0.3, -0.25) is 14.4 Å². The fraction of sp³-hybridized carbons (Fsp3) is 0.250. The van der Waals surface area contributed by atoms with E-state index < -0.39 is 0 Å². The first-order valence-corrected chi connectivity index (χ1v) is 8.29. The summed E-state index contributed by atoms with van der Waals surface area (Å²) in [7, 11) is 0. The van der Waals surface area contributed by atoms with Gasteiger partial charge in [-0.05, 0) is 25.3 Å². The van der Waals surface area contributed by atoms with Crippen LogP contribution < -0.4 is 0 Å². The van der Waals surface area contributed by atoms with Crippen molar-refractivity contribution < 1.29 is 14.4 Å². The summed E-state index contributed by atoms with van der Waals surface area (Å²) in [6, 6.07) is 11.8. The van der Waals surface area contributed by atoms with Crippen molar-refractivity contribution in [2.24, 2.45) is 0 Å². The van der Waals surface area contributed by atoms with Crippen LogP contribution in [0.1, 0.15) is 61.5 Å². The predicted molar refractivity (Wildman–Crippen MR) is 89.5 cm³/mol. The minimum Gasteiger partial charge on any atom is -0.339 e. The molecule has 0 aromatic heterocycles. The Bertz CT molecular complexity index is 863. The van der Waals surface area contributed by atoms with Gasteiger partial charge < -0.3 is 4.90 Å². The van der Waals surface area contributed by atoms with Crippen molar-refractivity contribution in [2.45, 2.75) is 19.3 Å². The van der Waals surface area contributed by atoms with Gasteiger partial charge in [0.15, 0.2) is 11.6 Å². The Morgan fingerprint density at radius 2 is 1.38 bits per heavy atom. The number of rotatable bonds is 1. The minimum atomic E-state index is -0.235. The molecule has 0 radical (unpaired) electrons. The zero-order chi connectivity index (χ0) is 16.7. The van der Waals surface area contributed by atoms with Gasteiger partial charge in [0.1, 0.15) is 0 Å². The monoisotopic (exact) mass is 319 g/mol. The van der Waals surface area contributed by atoms with E-state index in [0.717, 1.165) is 19.3 Å². The van der Waals surface area contributed by atoms with Crippen LogP contribution >= 0.6 is 0 Å². The van der Waals surface area contributed by atoms with Crippen LogP contribution in [0.4, 0.5) is 0 Å². The molecule has 0 bridgehead atoms. The third-order valence-electron chi connectivity index (χ3n) is 4.83. The normalized spacial score (nSPS) is 16.6. The van der Waals surface area contributed by atoms with E-state index >= 15 is 0 Å². The van der Waals surface area contributed by atoms with E-state index in [0.29, 0.717) is 35.3 Å². The Balaban J connectivity index is 1.84. The molecule has 0 saturated carbocycles. The number of hydrogen-bond acceptors (Lipinski definition) is 3. The highest BCUT2D eigenvalue weighted by atomic mass is 16.2. The standard InChI is InChI=1S/C20H17NO3/c22-18-13-7-2-3-8-14(13)19(23)17-15(18)9-6-10-16(17)20(24)21-11-4-1-5-12-21/h2-3,6-10H,1,4-5,11-12H2. The molecule has 2 aromatic carbocycles. The summed E-state index contributed by atoms with van der Waals surface area (Å²) in [5.74, 6) is -0.568. The van der Waals surface area contributed by atoms with Crippen molar-refractivity contribution in [1.82, 2.24) is 4.90 Å². The summed E-state index contributed by atoms with van der Waals surface area (Å²) in [6.07, 6.45) is 3.09. The van der Waals surface area contributed by atoms with Gasteiger partial charge in [0.05, 0.1) is 5.56 Å². The molecule has 0 atom stereocenters. The Labute approximate surface area is 140 Å². The van der Waals surface area contributed by atoms with Crippen LogP contribution in [0.3, 0.4) is 0 Å². The first kappa shape index (κ1) is 14.8. The molecule has 4 rings (SSSR count). The van der Waals surface area contributed by atoms with Crippen LogP contribution in [-0.2, 0) is 0 Å². The van der Waals surface area contributed by atoms with Gasteiger partial charge in [0.25, 0.3) is 5.91 Å². The average Bonchev–Trinajstić information content (AvgIpc) is 2.65. The van der Waals surface area contributed by atoms with Crippen molar-refractivity contribution >= 4 is 17.5 Å². The number of hydrogen-bond donors (Lipinski definition) is 0. The molecule has 0 N–H and O–H groups in total. The predicted octanol–water partition coefficient (Wildman–Crippen LogP) is 3.09. The molecule has 2 aromatic rings. The summed E-state index contributed by atoms with van der Waals surface area (Å²) < 4.78 is 0. The lowest BCUT2D eigenvalue weighted by Gasteiger charge is -2.28. The lowest BCUT2D eigenvalue weighted by Crippen LogP contribution is -2.37. The maximum absolute atomic E-state index is 12.9. The van der Waals surface area contributed by atoms with E-state index in [9.17, 15) is 14.4 Å². The summed E-state index contributed by atoms with van der Waals surface area (Å²) >= 11 is 0. The molecule has 2 aliphatic rings. The van der Waals surface area contributed by atoms with Crippen LogP contribution in [0, 0.1) is 0 Å². The Hall–Kier alpha value is -2.75. The second-order valence-corrected chi connectivity index (χ2v) is 6.28. The average molecular weight is 319 g/mol. The van der Waals surface area contributed by atoms with Gasteiger partial charge in [0.2, 0.25) is 0 Å². The van der Waals surface area contributed by atoms with Crippen molar-refractivity contribution in [1.29, 1.82) is 0 Å². The highest BCUT2D eigenvalue weighted by Gasteiger charge is 2.33. The molecule has 120 valence electrons. The van der Waals surface area contributed by atoms with Crippen LogP contribution in [0.5, 0.6) is 0 Å². The number of ketones is 2. The van der Waals surface area contributed by atoms with Crippen molar-refractivity contribution in [3.63, 3.8) is 0 Å². The number of nitrogens with zero attached hydrogens (tertiary/aromatic N) is 1. The zero-order valence-electron chi connectivity index (χ0n) is 13.2. The molecule has 4 heteroatoms. The van der Waals surface area contributed by atoms with Gasteiger partial charge in [-0.25, -0.2) is 0 Å². The first-order chi connectivity index (χ1) is 11.7. The molecule has 1 amide bonds. The Morgan fingerprint density at radius 1 is 0.750 bits per heavy atom. The highest BCUT2D eigenvalue weighted by Crippen LogP contribution is 2.30. The molecule has 0 spiro atoms. The first-order valence-electron chi connectivity index (χ1n) is 8.29. The van der Waals surface area contributed by atoms with Crippen molar-refractivity contribution in [2.75, 3.05) is 13.1 Å². The highest BCUT2D eigenvalue weighted by molar-refractivity contribution is 6.30. The molecule has 1 heterocycles. The quantitative estimate of drug-likeness (QED) is 0.692. The number of likely N-dealkylation sites (tertiary alicyclic amines) is 1. The topological polar surface area (TPSA) is 54.5 Å². The summed E-state index contributed by atoms with van der Waals surface area (Å²) in [5.41, 5.74) is 1.74. The summed E-state index contributed by atoms with van der Waals surface area (Å²) in [6.45, 7) is 1.42. The zero-order valence-corrected chi connectivity index (χ0v) is 13.2. The number of carbonyl (C=O) groups excluding carboxylic acids is 3. The lowest BCUT2D eigenvalue weighted by atomic mass is 9.81. The van der Waals surface area contributed by atoms with Crippen molar-refractivity contribution in [3.05, 3.63) is 70.3 Å². The van der Waals surface area contributed by atoms with Gasteiger partial charge in [0, 0.05) is 35.3 Å². The number of carbonyl (C=O) groups is 3. The number of benzene rings is 2. The van der Waals surface area contributed by atoms with Crippen LogP contribution in [0.2, 0.25) is 0 Å². The summed E-state index contributed by atoms with van der Waals surface area (Å²) in [5, 5.41) is 0. The minimum absolute atomic E-state index is 0.146.